The summed E-state index contributed by atoms with van der Waals surface area (Å²) in [6, 6.07) is 12.9. The second-order valence-electron chi connectivity index (χ2n) is 13.1. The molecule has 3 heteroatoms. The van der Waals surface area contributed by atoms with Gasteiger partial charge in [0.2, 0.25) is 0 Å². The minimum Gasteiger partial charge on any atom is -0.239 e. The minimum absolute atomic E-state index is 0.195. The highest BCUT2D eigenvalue weighted by atomic mass is 19.2. The summed E-state index contributed by atoms with van der Waals surface area (Å²) in [4.78, 5) is 0. The van der Waals surface area contributed by atoms with Crippen molar-refractivity contribution in [1.29, 1.82) is 0 Å². The first-order chi connectivity index (χ1) is 21.0. The van der Waals surface area contributed by atoms with E-state index >= 15 is 8.78 Å². The van der Waals surface area contributed by atoms with Crippen molar-refractivity contribution in [3.05, 3.63) is 95.9 Å². The van der Waals surface area contributed by atoms with E-state index in [9.17, 15) is 4.39 Å². The predicted octanol–water partition coefficient (Wildman–Crippen LogP) is 12.4. The Morgan fingerprint density at radius 3 is 2.14 bits per heavy atom. The quantitative estimate of drug-likeness (QED) is 0.171. The summed E-state index contributed by atoms with van der Waals surface area (Å²) in [5, 5.41) is 0. The summed E-state index contributed by atoms with van der Waals surface area (Å²) in [6.07, 6.45) is 20.3. The molecule has 2 aromatic rings. The standard InChI is InChI=1S/C40H49F3/c1-3-5-6-7-8-9-10-34-23-26-37(40(43)39(34)42)33-21-17-31(18-22-33)35-24-25-36(38(41)27-35)32-19-15-30(16-20-32)29-13-11-28(4-2)12-14-29/h4,17-19,21-30,39-40H,2-3,5-16,20H2,1H3. The van der Waals surface area contributed by atoms with E-state index in [1.807, 2.05) is 36.4 Å². The first-order valence-corrected chi connectivity index (χ1v) is 16.9. The molecule has 1 fully saturated rings. The molecule has 1 saturated carbocycles. The number of rotatable bonds is 12. The van der Waals surface area contributed by atoms with Gasteiger partial charge in [-0.1, -0.05) is 99.7 Å². The van der Waals surface area contributed by atoms with Crippen LogP contribution in [-0.2, 0) is 0 Å². The topological polar surface area (TPSA) is 0 Å². The Bertz CT molecular complexity index is 1310. The average Bonchev–Trinajstić information content (AvgIpc) is 3.05. The van der Waals surface area contributed by atoms with E-state index in [1.165, 1.54) is 44.9 Å². The van der Waals surface area contributed by atoms with Crippen LogP contribution in [0.2, 0.25) is 0 Å². The molecule has 0 heterocycles. The highest BCUT2D eigenvalue weighted by Gasteiger charge is 2.31. The van der Waals surface area contributed by atoms with Gasteiger partial charge in [-0.15, -0.1) is 6.58 Å². The Morgan fingerprint density at radius 1 is 0.767 bits per heavy atom. The summed E-state index contributed by atoms with van der Waals surface area (Å²) >= 11 is 0. The van der Waals surface area contributed by atoms with Crippen LogP contribution >= 0.6 is 0 Å². The van der Waals surface area contributed by atoms with Gasteiger partial charge in [0.25, 0.3) is 0 Å². The molecule has 0 nitrogen and oxygen atoms in total. The van der Waals surface area contributed by atoms with Crippen molar-refractivity contribution in [2.75, 3.05) is 0 Å². The van der Waals surface area contributed by atoms with Crippen LogP contribution in [0.25, 0.3) is 22.3 Å². The number of alkyl halides is 2. The molecular formula is C40H49F3. The van der Waals surface area contributed by atoms with Crippen LogP contribution in [0.3, 0.4) is 0 Å². The predicted molar refractivity (Wildman–Crippen MR) is 177 cm³/mol. The number of benzene rings is 2. The Kier molecular flexibility index (Phi) is 11.2. The summed E-state index contributed by atoms with van der Waals surface area (Å²) in [5.41, 5.74) is 5.11. The molecule has 0 radical (unpaired) electrons. The lowest BCUT2D eigenvalue weighted by atomic mass is 9.71. The number of hydrogen-bond donors (Lipinski definition) is 0. The van der Waals surface area contributed by atoms with Gasteiger partial charge >= 0.3 is 0 Å². The van der Waals surface area contributed by atoms with Crippen molar-refractivity contribution >= 4 is 11.1 Å². The maximum absolute atomic E-state index is 15.4. The maximum atomic E-state index is 15.4. The summed E-state index contributed by atoms with van der Waals surface area (Å²) < 4.78 is 45.5. The maximum Gasteiger partial charge on any atom is 0.161 e. The molecule has 3 aliphatic carbocycles. The van der Waals surface area contributed by atoms with E-state index in [-0.39, 0.29) is 5.82 Å². The second-order valence-corrected chi connectivity index (χ2v) is 13.1. The number of unbranched alkanes of at least 4 members (excludes halogenated alkanes) is 5. The molecular weight excluding hydrogens is 537 g/mol. The largest absolute Gasteiger partial charge is 0.239 e. The van der Waals surface area contributed by atoms with Gasteiger partial charge in [-0.25, -0.2) is 13.2 Å². The van der Waals surface area contributed by atoms with Gasteiger partial charge in [0.05, 0.1) is 0 Å². The molecule has 230 valence electrons. The molecule has 0 amide bonds. The fraction of sp³-hybridized carbons (Fsp3) is 0.500. The number of allylic oxidation sites excluding steroid dienone is 7. The molecule has 3 aliphatic rings. The molecule has 43 heavy (non-hydrogen) atoms. The molecule has 0 N–H and O–H groups in total. The lowest BCUT2D eigenvalue weighted by molar-refractivity contribution is 0.212. The monoisotopic (exact) mass is 586 g/mol. The minimum atomic E-state index is -1.66. The SMILES string of the molecule is C=CC1CCC(C2CC=C(c3ccc(-c4ccc(C5=CC=C(CCCCCCCC)C(F)C5F)cc4)cc3F)CC2)CC1. The Balaban J connectivity index is 1.19. The van der Waals surface area contributed by atoms with Gasteiger partial charge in [0, 0.05) is 5.56 Å². The fourth-order valence-corrected chi connectivity index (χ4v) is 7.50. The number of hydrogen-bond acceptors (Lipinski definition) is 0. The van der Waals surface area contributed by atoms with Crippen molar-refractivity contribution in [1.82, 2.24) is 0 Å². The van der Waals surface area contributed by atoms with E-state index in [2.05, 4.69) is 25.7 Å². The zero-order valence-electron chi connectivity index (χ0n) is 26.0. The van der Waals surface area contributed by atoms with Crippen molar-refractivity contribution in [3.8, 4) is 11.1 Å². The first kappa shape index (κ1) is 31.6. The van der Waals surface area contributed by atoms with Crippen LogP contribution in [0.4, 0.5) is 13.2 Å². The molecule has 0 aromatic heterocycles. The van der Waals surface area contributed by atoms with Crippen molar-refractivity contribution in [2.24, 2.45) is 17.8 Å². The van der Waals surface area contributed by atoms with Crippen LogP contribution in [0.15, 0.2) is 78.9 Å². The van der Waals surface area contributed by atoms with Gasteiger partial charge in [-0.2, -0.15) is 0 Å². The van der Waals surface area contributed by atoms with Crippen LogP contribution in [-0.4, -0.2) is 12.3 Å². The van der Waals surface area contributed by atoms with Gasteiger partial charge in [0.1, 0.15) is 5.82 Å². The zero-order chi connectivity index (χ0) is 30.2. The summed E-state index contributed by atoms with van der Waals surface area (Å²) in [7, 11) is 0. The summed E-state index contributed by atoms with van der Waals surface area (Å²) in [6.45, 7) is 6.16. The third kappa shape index (κ3) is 7.83. The van der Waals surface area contributed by atoms with Gasteiger partial charge in [0.15, 0.2) is 12.3 Å². The van der Waals surface area contributed by atoms with Crippen molar-refractivity contribution in [2.45, 2.75) is 109 Å². The third-order valence-corrected chi connectivity index (χ3v) is 10.3. The van der Waals surface area contributed by atoms with E-state index in [0.717, 1.165) is 61.1 Å². The molecule has 0 saturated heterocycles. The van der Waals surface area contributed by atoms with Crippen LogP contribution < -0.4 is 0 Å². The van der Waals surface area contributed by atoms with Crippen LogP contribution in [0.1, 0.15) is 108 Å². The normalized spacial score (nSPS) is 26.0. The highest BCUT2D eigenvalue weighted by Crippen LogP contribution is 2.42. The molecule has 5 rings (SSSR count). The number of halogens is 3. The van der Waals surface area contributed by atoms with Crippen molar-refractivity contribution < 1.29 is 13.2 Å². The van der Waals surface area contributed by atoms with E-state index in [0.29, 0.717) is 40.5 Å². The van der Waals surface area contributed by atoms with Gasteiger partial charge in [-0.3, -0.25) is 0 Å². The molecule has 3 unspecified atom stereocenters. The Morgan fingerprint density at radius 2 is 1.47 bits per heavy atom. The smallest absolute Gasteiger partial charge is 0.161 e. The van der Waals surface area contributed by atoms with E-state index < -0.39 is 12.3 Å². The highest BCUT2D eigenvalue weighted by molar-refractivity contribution is 5.76. The molecule has 0 aliphatic heterocycles. The molecule has 0 spiro atoms. The van der Waals surface area contributed by atoms with E-state index in [4.69, 9.17) is 0 Å². The van der Waals surface area contributed by atoms with Crippen molar-refractivity contribution in [3.63, 3.8) is 0 Å². The lowest BCUT2D eigenvalue weighted by Gasteiger charge is -2.34. The van der Waals surface area contributed by atoms with Gasteiger partial charge in [-0.05, 0) is 115 Å². The third-order valence-electron chi connectivity index (χ3n) is 10.3. The Hall–Kier alpha value is -2.81. The zero-order valence-corrected chi connectivity index (χ0v) is 26.0. The second kappa shape index (κ2) is 15.3. The molecule has 0 bridgehead atoms. The van der Waals surface area contributed by atoms with Crippen LogP contribution in [0, 0.1) is 23.6 Å². The average molecular weight is 587 g/mol. The molecule has 3 atom stereocenters. The molecule has 2 aromatic carbocycles. The summed E-state index contributed by atoms with van der Waals surface area (Å²) in [5.74, 6) is 2.00. The lowest BCUT2D eigenvalue weighted by Crippen LogP contribution is -2.24. The first-order valence-electron chi connectivity index (χ1n) is 16.9. The Labute approximate surface area is 257 Å². The van der Waals surface area contributed by atoms with Gasteiger partial charge < -0.3 is 0 Å². The van der Waals surface area contributed by atoms with E-state index in [1.54, 1.807) is 18.2 Å². The van der Waals surface area contributed by atoms with Crippen LogP contribution in [0.5, 0.6) is 0 Å². The fourth-order valence-electron chi connectivity index (χ4n) is 7.50.